The van der Waals surface area contributed by atoms with E-state index in [1.807, 2.05) is 6.92 Å². The van der Waals surface area contributed by atoms with Crippen molar-refractivity contribution in [2.24, 2.45) is 0 Å². The highest BCUT2D eigenvalue weighted by atomic mass is 16.6. The molecule has 0 N–H and O–H groups in total. The quantitative estimate of drug-likeness (QED) is 0.337. The van der Waals surface area contributed by atoms with Crippen LogP contribution in [0, 0.1) is 0 Å². The minimum absolute atomic E-state index is 0.250. The van der Waals surface area contributed by atoms with Crippen molar-refractivity contribution in [2.45, 2.75) is 91.1 Å². The maximum absolute atomic E-state index is 11.3. The molecular formula is C17H34O3. The van der Waals surface area contributed by atoms with Crippen LogP contribution in [0.25, 0.3) is 0 Å². The van der Waals surface area contributed by atoms with Crippen molar-refractivity contribution in [2.75, 3.05) is 13.2 Å². The van der Waals surface area contributed by atoms with Crippen LogP contribution in [0.5, 0.6) is 0 Å². The molecule has 0 fully saturated rings. The zero-order chi connectivity index (χ0) is 15.1. The Hall–Kier alpha value is -0.570. The van der Waals surface area contributed by atoms with Crippen LogP contribution >= 0.6 is 0 Å². The van der Waals surface area contributed by atoms with E-state index in [-0.39, 0.29) is 5.97 Å². The molecule has 0 heterocycles. The largest absolute Gasteiger partial charge is 0.464 e. The third-order valence-corrected chi connectivity index (χ3v) is 3.48. The van der Waals surface area contributed by atoms with Gasteiger partial charge < -0.3 is 9.47 Å². The first kappa shape index (κ1) is 19.4. The van der Waals surface area contributed by atoms with E-state index in [4.69, 9.17) is 9.47 Å². The topological polar surface area (TPSA) is 35.5 Å². The van der Waals surface area contributed by atoms with Gasteiger partial charge in [-0.05, 0) is 20.3 Å². The molecule has 0 aliphatic carbocycles. The lowest BCUT2D eigenvalue weighted by Crippen LogP contribution is -2.23. The molecule has 0 aliphatic rings. The van der Waals surface area contributed by atoms with Crippen LogP contribution in [-0.4, -0.2) is 25.3 Å². The van der Waals surface area contributed by atoms with Crippen molar-refractivity contribution in [3.63, 3.8) is 0 Å². The van der Waals surface area contributed by atoms with Crippen LogP contribution in [0.15, 0.2) is 0 Å². The first-order valence-corrected chi connectivity index (χ1v) is 8.50. The Kier molecular flexibility index (Phi) is 14.4. The molecule has 0 saturated carbocycles. The van der Waals surface area contributed by atoms with E-state index in [2.05, 4.69) is 6.92 Å². The van der Waals surface area contributed by atoms with Crippen LogP contribution in [0.4, 0.5) is 0 Å². The van der Waals surface area contributed by atoms with E-state index in [1.54, 1.807) is 6.92 Å². The monoisotopic (exact) mass is 286 g/mol. The zero-order valence-electron chi connectivity index (χ0n) is 13.8. The summed E-state index contributed by atoms with van der Waals surface area (Å²) in [5.41, 5.74) is 0. The van der Waals surface area contributed by atoms with E-state index in [9.17, 15) is 4.79 Å². The molecule has 0 aromatic rings. The van der Waals surface area contributed by atoms with Crippen molar-refractivity contribution in [3.8, 4) is 0 Å². The van der Waals surface area contributed by atoms with Crippen LogP contribution in [0.2, 0.25) is 0 Å². The summed E-state index contributed by atoms with van der Waals surface area (Å²) < 4.78 is 10.3. The van der Waals surface area contributed by atoms with Crippen LogP contribution in [0.1, 0.15) is 85.0 Å². The average molecular weight is 286 g/mol. The fourth-order valence-electron chi connectivity index (χ4n) is 2.18. The molecule has 20 heavy (non-hydrogen) atoms. The van der Waals surface area contributed by atoms with E-state index in [0.29, 0.717) is 13.2 Å². The lowest BCUT2D eigenvalue weighted by Gasteiger charge is -2.11. The molecule has 3 nitrogen and oxygen atoms in total. The van der Waals surface area contributed by atoms with Crippen molar-refractivity contribution in [3.05, 3.63) is 0 Å². The molecule has 0 rings (SSSR count). The van der Waals surface area contributed by atoms with Gasteiger partial charge in [-0.15, -0.1) is 0 Å². The lowest BCUT2D eigenvalue weighted by atomic mass is 10.1. The molecule has 0 aromatic carbocycles. The normalized spacial score (nSPS) is 12.3. The maximum Gasteiger partial charge on any atom is 0.334 e. The first-order chi connectivity index (χ1) is 9.72. The number of carbonyl (C=O) groups excluding carboxylic acids is 1. The Labute approximate surface area is 125 Å². The van der Waals surface area contributed by atoms with Crippen molar-refractivity contribution in [1.29, 1.82) is 0 Å². The Bertz CT molecular complexity index is 216. The number of rotatable bonds is 14. The summed E-state index contributed by atoms with van der Waals surface area (Å²) in [5, 5.41) is 0. The van der Waals surface area contributed by atoms with E-state index >= 15 is 0 Å². The minimum Gasteiger partial charge on any atom is -0.464 e. The van der Waals surface area contributed by atoms with Gasteiger partial charge in [-0.2, -0.15) is 0 Å². The fourth-order valence-corrected chi connectivity index (χ4v) is 2.18. The molecule has 120 valence electrons. The SMILES string of the molecule is CCCCCCCCCCCCOC(C)C(=O)OCC. The minimum atomic E-state index is -0.423. The lowest BCUT2D eigenvalue weighted by molar-refractivity contribution is -0.155. The second kappa shape index (κ2) is 14.8. The third-order valence-electron chi connectivity index (χ3n) is 3.48. The standard InChI is InChI=1S/C17H34O3/c1-4-6-7-8-9-10-11-12-13-14-15-20-16(3)17(18)19-5-2/h16H,4-15H2,1-3H3. The Morgan fingerprint density at radius 2 is 1.35 bits per heavy atom. The Morgan fingerprint density at radius 1 is 0.850 bits per heavy atom. The van der Waals surface area contributed by atoms with Gasteiger partial charge >= 0.3 is 5.97 Å². The second-order valence-corrected chi connectivity index (χ2v) is 5.45. The first-order valence-electron chi connectivity index (χ1n) is 8.50. The summed E-state index contributed by atoms with van der Waals surface area (Å²) in [6.07, 6.45) is 12.7. The number of carbonyl (C=O) groups is 1. The summed E-state index contributed by atoms with van der Waals surface area (Å²) in [4.78, 5) is 11.3. The molecular weight excluding hydrogens is 252 g/mol. The molecule has 0 saturated heterocycles. The van der Waals surface area contributed by atoms with Crippen molar-refractivity contribution >= 4 is 5.97 Å². The molecule has 0 spiro atoms. The van der Waals surface area contributed by atoms with Crippen molar-refractivity contribution in [1.82, 2.24) is 0 Å². The van der Waals surface area contributed by atoms with Gasteiger partial charge in [0.1, 0.15) is 0 Å². The summed E-state index contributed by atoms with van der Waals surface area (Å²) in [6, 6.07) is 0. The average Bonchev–Trinajstić information content (AvgIpc) is 2.44. The van der Waals surface area contributed by atoms with Gasteiger partial charge in [0.05, 0.1) is 6.61 Å². The van der Waals surface area contributed by atoms with Gasteiger partial charge in [0.2, 0.25) is 0 Å². The Balaban J connectivity index is 3.18. The summed E-state index contributed by atoms with van der Waals surface area (Å²) in [5.74, 6) is -0.250. The van der Waals surface area contributed by atoms with E-state index < -0.39 is 6.10 Å². The predicted octanol–water partition coefficient (Wildman–Crippen LogP) is 4.88. The number of hydrogen-bond acceptors (Lipinski definition) is 3. The fraction of sp³-hybridized carbons (Fsp3) is 0.941. The molecule has 0 bridgehead atoms. The molecule has 0 aliphatic heterocycles. The van der Waals surface area contributed by atoms with Gasteiger partial charge in [0.15, 0.2) is 6.10 Å². The van der Waals surface area contributed by atoms with Gasteiger partial charge in [-0.1, -0.05) is 64.7 Å². The highest BCUT2D eigenvalue weighted by Gasteiger charge is 2.13. The summed E-state index contributed by atoms with van der Waals surface area (Å²) in [6.45, 7) is 6.91. The van der Waals surface area contributed by atoms with Crippen LogP contribution < -0.4 is 0 Å². The van der Waals surface area contributed by atoms with Gasteiger partial charge in [0.25, 0.3) is 0 Å². The highest BCUT2D eigenvalue weighted by molar-refractivity contribution is 5.74. The molecule has 3 heteroatoms. The summed E-state index contributed by atoms with van der Waals surface area (Å²) in [7, 11) is 0. The number of hydrogen-bond donors (Lipinski definition) is 0. The van der Waals surface area contributed by atoms with Gasteiger partial charge in [-0.25, -0.2) is 4.79 Å². The smallest absolute Gasteiger partial charge is 0.334 e. The highest BCUT2D eigenvalue weighted by Crippen LogP contribution is 2.10. The molecule has 0 amide bonds. The predicted molar refractivity (Wildman–Crippen MR) is 83.9 cm³/mol. The second-order valence-electron chi connectivity index (χ2n) is 5.45. The number of unbranched alkanes of at least 4 members (excludes halogenated alkanes) is 9. The zero-order valence-corrected chi connectivity index (χ0v) is 13.8. The van der Waals surface area contributed by atoms with Crippen LogP contribution in [-0.2, 0) is 14.3 Å². The molecule has 1 unspecified atom stereocenters. The van der Waals surface area contributed by atoms with Crippen molar-refractivity contribution < 1.29 is 14.3 Å². The van der Waals surface area contributed by atoms with Crippen LogP contribution in [0.3, 0.4) is 0 Å². The molecule has 0 radical (unpaired) electrons. The van der Waals surface area contributed by atoms with E-state index in [0.717, 1.165) is 6.42 Å². The van der Waals surface area contributed by atoms with Gasteiger partial charge in [-0.3, -0.25) is 0 Å². The van der Waals surface area contributed by atoms with Gasteiger partial charge in [0, 0.05) is 6.61 Å². The number of esters is 1. The summed E-state index contributed by atoms with van der Waals surface area (Å²) >= 11 is 0. The maximum atomic E-state index is 11.3. The Morgan fingerprint density at radius 3 is 1.85 bits per heavy atom. The van der Waals surface area contributed by atoms with E-state index in [1.165, 1.54) is 57.8 Å². The molecule has 0 aromatic heterocycles. The number of ether oxygens (including phenoxy) is 2. The molecule has 1 atom stereocenters. The third kappa shape index (κ3) is 12.5.